The van der Waals surface area contributed by atoms with E-state index in [-0.39, 0.29) is 21.4 Å². The van der Waals surface area contributed by atoms with Gasteiger partial charge in [-0.2, -0.15) is 4.31 Å². The third kappa shape index (κ3) is 4.30. The predicted octanol–water partition coefficient (Wildman–Crippen LogP) is 3.74. The van der Waals surface area contributed by atoms with Crippen LogP contribution in [0.5, 0.6) is 0 Å². The number of anilines is 1. The maximum Gasteiger partial charge on any atom is 0.255 e. The maximum absolute atomic E-state index is 13.1. The van der Waals surface area contributed by atoms with Crippen LogP contribution in [0.1, 0.15) is 23.2 Å². The highest BCUT2D eigenvalue weighted by Gasteiger charge is 2.30. The number of carbonyl (C=O) groups excluding carboxylic acids is 1. The minimum Gasteiger partial charge on any atom is -0.368 e. The SMILES string of the molecule is O=C(c1cc(S(=O)(=O)N2CCCC2)ccc1Cl)N1CCN(c2ccc(Cl)cc2)CC1. The molecule has 0 spiro atoms. The molecule has 2 heterocycles. The van der Waals surface area contributed by atoms with Crippen LogP contribution in [0.15, 0.2) is 47.4 Å². The third-order valence-corrected chi connectivity index (χ3v) is 8.11. The molecule has 9 heteroatoms. The summed E-state index contributed by atoms with van der Waals surface area (Å²) in [6.45, 7) is 3.44. The molecule has 1 amide bonds. The first-order valence-corrected chi connectivity index (χ1v) is 12.2. The van der Waals surface area contributed by atoms with Crippen molar-refractivity contribution in [2.24, 2.45) is 0 Å². The van der Waals surface area contributed by atoms with E-state index in [1.807, 2.05) is 24.3 Å². The lowest BCUT2D eigenvalue weighted by Gasteiger charge is -2.36. The molecule has 0 aromatic heterocycles. The summed E-state index contributed by atoms with van der Waals surface area (Å²) in [6, 6.07) is 12.0. The van der Waals surface area contributed by atoms with Crippen molar-refractivity contribution in [3.8, 4) is 0 Å². The van der Waals surface area contributed by atoms with E-state index in [1.54, 1.807) is 4.90 Å². The van der Waals surface area contributed by atoms with Gasteiger partial charge in [0.25, 0.3) is 5.91 Å². The van der Waals surface area contributed by atoms with Gasteiger partial charge < -0.3 is 9.80 Å². The molecule has 0 unspecified atom stereocenters. The highest BCUT2D eigenvalue weighted by molar-refractivity contribution is 7.89. The Morgan fingerprint density at radius 2 is 1.47 bits per heavy atom. The maximum atomic E-state index is 13.1. The van der Waals surface area contributed by atoms with Crippen molar-refractivity contribution < 1.29 is 13.2 Å². The Kier molecular flexibility index (Phi) is 6.25. The van der Waals surface area contributed by atoms with Gasteiger partial charge in [-0.3, -0.25) is 4.79 Å². The van der Waals surface area contributed by atoms with Crippen LogP contribution in [0, 0.1) is 0 Å². The zero-order valence-electron chi connectivity index (χ0n) is 16.4. The minimum atomic E-state index is -3.61. The van der Waals surface area contributed by atoms with Gasteiger partial charge in [-0.1, -0.05) is 23.2 Å². The second-order valence-corrected chi connectivity index (χ2v) is 10.3. The van der Waals surface area contributed by atoms with Crippen molar-refractivity contribution in [3.05, 3.63) is 58.1 Å². The molecule has 0 bridgehead atoms. The lowest BCUT2D eigenvalue weighted by molar-refractivity contribution is 0.0746. The van der Waals surface area contributed by atoms with E-state index in [9.17, 15) is 13.2 Å². The fourth-order valence-electron chi connectivity index (χ4n) is 3.90. The van der Waals surface area contributed by atoms with E-state index >= 15 is 0 Å². The lowest BCUT2D eigenvalue weighted by Crippen LogP contribution is -2.48. The lowest BCUT2D eigenvalue weighted by atomic mass is 10.1. The first kappa shape index (κ1) is 21.4. The molecule has 2 aliphatic heterocycles. The summed E-state index contributed by atoms with van der Waals surface area (Å²) in [5.74, 6) is -0.241. The second kappa shape index (κ2) is 8.75. The molecule has 4 rings (SSSR count). The van der Waals surface area contributed by atoms with Crippen molar-refractivity contribution in [3.63, 3.8) is 0 Å². The molecule has 6 nitrogen and oxygen atoms in total. The smallest absolute Gasteiger partial charge is 0.255 e. The Balaban J connectivity index is 1.49. The number of sulfonamides is 1. The average molecular weight is 468 g/mol. The largest absolute Gasteiger partial charge is 0.368 e. The first-order valence-electron chi connectivity index (χ1n) is 9.96. The van der Waals surface area contributed by atoms with Gasteiger partial charge in [-0.05, 0) is 55.3 Å². The van der Waals surface area contributed by atoms with E-state index < -0.39 is 10.0 Å². The monoisotopic (exact) mass is 467 g/mol. The van der Waals surface area contributed by atoms with Crippen LogP contribution in [0.3, 0.4) is 0 Å². The molecule has 2 aromatic carbocycles. The van der Waals surface area contributed by atoms with E-state index in [2.05, 4.69) is 4.90 Å². The van der Waals surface area contributed by atoms with Crippen LogP contribution in [0.2, 0.25) is 10.0 Å². The van der Waals surface area contributed by atoms with Crippen molar-refractivity contribution in [2.45, 2.75) is 17.7 Å². The average Bonchev–Trinajstić information content (AvgIpc) is 3.30. The molecule has 0 aliphatic carbocycles. The number of hydrogen-bond donors (Lipinski definition) is 0. The Labute approximate surface area is 187 Å². The molecule has 30 heavy (non-hydrogen) atoms. The van der Waals surface area contributed by atoms with Crippen LogP contribution >= 0.6 is 23.2 Å². The van der Waals surface area contributed by atoms with Gasteiger partial charge in [0, 0.05) is 50.0 Å². The summed E-state index contributed by atoms with van der Waals surface area (Å²) in [5, 5.41) is 0.950. The molecule has 0 atom stereocenters. The number of halogens is 2. The second-order valence-electron chi connectivity index (χ2n) is 7.51. The number of amides is 1. The van der Waals surface area contributed by atoms with Gasteiger partial charge in [0.1, 0.15) is 0 Å². The van der Waals surface area contributed by atoms with Crippen molar-refractivity contribution >= 4 is 44.8 Å². The van der Waals surface area contributed by atoms with Crippen LogP contribution in [0.25, 0.3) is 0 Å². The molecular weight excluding hydrogens is 445 g/mol. The molecule has 0 saturated carbocycles. The fourth-order valence-corrected chi connectivity index (χ4v) is 5.76. The van der Waals surface area contributed by atoms with Gasteiger partial charge in [0.05, 0.1) is 15.5 Å². The summed E-state index contributed by atoms with van der Waals surface area (Å²) in [5.41, 5.74) is 1.29. The number of benzene rings is 2. The van der Waals surface area contributed by atoms with Gasteiger partial charge in [0.15, 0.2) is 0 Å². The summed E-state index contributed by atoms with van der Waals surface area (Å²) in [7, 11) is -3.61. The summed E-state index contributed by atoms with van der Waals surface area (Å²) in [4.78, 5) is 17.1. The van der Waals surface area contributed by atoms with Gasteiger partial charge in [-0.15, -0.1) is 0 Å². The number of rotatable bonds is 4. The van der Waals surface area contributed by atoms with E-state index in [0.717, 1.165) is 18.5 Å². The predicted molar refractivity (Wildman–Crippen MR) is 119 cm³/mol. The Hall–Kier alpha value is -1.80. The number of nitrogens with zero attached hydrogens (tertiary/aromatic N) is 3. The molecule has 2 saturated heterocycles. The highest BCUT2D eigenvalue weighted by Crippen LogP contribution is 2.27. The van der Waals surface area contributed by atoms with Crippen LogP contribution < -0.4 is 4.90 Å². The fraction of sp³-hybridized carbons (Fsp3) is 0.381. The molecule has 0 N–H and O–H groups in total. The van der Waals surface area contributed by atoms with Crippen molar-refractivity contribution in [1.29, 1.82) is 0 Å². The molecule has 160 valence electrons. The number of piperazine rings is 1. The molecule has 2 aliphatic rings. The van der Waals surface area contributed by atoms with E-state index in [1.165, 1.54) is 22.5 Å². The Morgan fingerprint density at radius 1 is 0.833 bits per heavy atom. The molecule has 0 radical (unpaired) electrons. The zero-order valence-corrected chi connectivity index (χ0v) is 18.8. The van der Waals surface area contributed by atoms with Crippen LogP contribution in [0.4, 0.5) is 5.69 Å². The van der Waals surface area contributed by atoms with E-state index in [4.69, 9.17) is 23.2 Å². The quantitative estimate of drug-likeness (QED) is 0.686. The van der Waals surface area contributed by atoms with Crippen LogP contribution in [-0.4, -0.2) is 62.8 Å². The van der Waals surface area contributed by atoms with Crippen molar-refractivity contribution in [2.75, 3.05) is 44.2 Å². The minimum absolute atomic E-state index is 0.122. The normalized spacial score (nSPS) is 18.1. The highest BCUT2D eigenvalue weighted by atomic mass is 35.5. The number of carbonyl (C=O) groups is 1. The summed E-state index contributed by atoms with van der Waals surface area (Å²) >= 11 is 12.2. The van der Waals surface area contributed by atoms with Gasteiger partial charge >= 0.3 is 0 Å². The van der Waals surface area contributed by atoms with Gasteiger partial charge in [0.2, 0.25) is 10.0 Å². The molecular formula is C21H23Cl2N3O3S. The Bertz CT molecular complexity index is 1030. The van der Waals surface area contributed by atoms with Crippen LogP contribution in [-0.2, 0) is 10.0 Å². The van der Waals surface area contributed by atoms with Gasteiger partial charge in [-0.25, -0.2) is 8.42 Å². The third-order valence-electron chi connectivity index (χ3n) is 5.63. The standard InChI is InChI=1S/C21H23Cl2N3O3S/c22-16-3-5-17(6-4-16)24-11-13-25(14-12-24)21(27)19-15-18(7-8-20(19)23)30(28,29)26-9-1-2-10-26/h3-8,15H,1-2,9-14H2. The van der Waals surface area contributed by atoms with Crippen molar-refractivity contribution in [1.82, 2.24) is 9.21 Å². The van der Waals surface area contributed by atoms with E-state index in [0.29, 0.717) is 44.3 Å². The zero-order chi connectivity index (χ0) is 21.3. The topological polar surface area (TPSA) is 60.9 Å². The number of hydrogen-bond acceptors (Lipinski definition) is 4. The first-order chi connectivity index (χ1) is 14.4. The summed E-state index contributed by atoms with van der Waals surface area (Å²) < 4.78 is 27.2. The Morgan fingerprint density at radius 3 is 2.10 bits per heavy atom. The molecule has 2 aromatic rings. The molecule has 2 fully saturated rings. The summed E-state index contributed by atoms with van der Waals surface area (Å²) in [6.07, 6.45) is 1.72.